The molecule has 2 N–H and O–H groups in total. The average molecular weight is 215 g/mol. The van der Waals surface area contributed by atoms with Gasteiger partial charge in [-0.2, -0.15) is 0 Å². The summed E-state index contributed by atoms with van der Waals surface area (Å²) < 4.78 is 0. The van der Waals surface area contributed by atoms with Crippen molar-refractivity contribution in [3.63, 3.8) is 0 Å². The third-order valence-electron chi connectivity index (χ3n) is 1.81. The van der Waals surface area contributed by atoms with Gasteiger partial charge in [0.15, 0.2) is 0 Å². The molecular formula is C8H13N3O2S. The predicted octanol–water partition coefficient (Wildman–Crippen LogP) is 1.45. The molecule has 1 aromatic rings. The highest BCUT2D eigenvalue weighted by molar-refractivity contribution is 7.13. The Labute approximate surface area is 86.2 Å². The lowest BCUT2D eigenvalue weighted by Gasteiger charge is -2.09. The number of carboxylic acid groups (broad SMARTS) is 1. The van der Waals surface area contributed by atoms with Crippen LogP contribution in [-0.4, -0.2) is 27.8 Å². The van der Waals surface area contributed by atoms with E-state index in [1.807, 2.05) is 6.92 Å². The summed E-state index contributed by atoms with van der Waals surface area (Å²) in [4.78, 5) is 10.3. The van der Waals surface area contributed by atoms with Crippen molar-refractivity contribution < 1.29 is 9.90 Å². The second kappa shape index (κ2) is 5.54. The molecular weight excluding hydrogens is 202 g/mol. The third-order valence-corrected chi connectivity index (χ3v) is 2.46. The molecule has 0 fully saturated rings. The van der Waals surface area contributed by atoms with E-state index in [4.69, 9.17) is 5.11 Å². The lowest BCUT2D eigenvalue weighted by Crippen LogP contribution is -2.12. The quantitative estimate of drug-likeness (QED) is 0.751. The van der Waals surface area contributed by atoms with E-state index in [2.05, 4.69) is 15.5 Å². The zero-order valence-corrected chi connectivity index (χ0v) is 8.75. The molecule has 0 aliphatic heterocycles. The number of hydrogen-bond donors (Lipinski definition) is 2. The first-order valence-electron chi connectivity index (χ1n) is 4.40. The highest BCUT2D eigenvalue weighted by atomic mass is 32.1. The Bertz CT molecular complexity index is 276. The maximum atomic E-state index is 10.3. The Morgan fingerprint density at radius 3 is 3.14 bits per heavy atom. The van der Waals surface area contributed by atoms with Crippen LogP contribution in [0.25, 0.3) is 0 Å². The molecule has 1 aromatic heterocycles. The van der Waals surface area contributed by atoms with E-state index in [0.717, 1.165) is 11.7 Å². The molecule has 1 heterocycles. The van der Waals surface area contributed by atoms with Crippen molar-refractivity contribution in [2.75, 3.05) is 11.9 Å². The molecule has 0 aromatic carbocycles. The van der Waals surface area contributed by atoms with Crippen molar-refractivity contribution in [3.05, 3.63) is 5.51 Å². The van der Waals surface area contributed by atoms with E-state index in [1.165, 1.54) is 11.3 Å². The Hall–Kier alpha value is -1.17. The van der Waals surface area contributed by atoms with Gasteiger partial charge >= 0.3 is 5.97 Å². The molecule has 0 bridgehead atoms. The molecule has 78 valence electrons. The predicted molar refractivity (Wildman–Crippen MR) is 54.4 cm³/mol. The lowest BCUT2D eigenvalue weighted by atomic mass is 10.1. The van der Waals surface area contributed by atoms with Crippen LogP contribution in [0, 0.1) is 5.92 Å². The molecule has 1 rings (SSSR count). The van der Waals surface area contributed by atoms with Crippen molar-refractivity contribution in [1.29, 1.82) is 0 Å². The number of rotatable bonds is 6. The van der Waals surface area contributed by atoms with Crippen LogP contribution in [0.15, 0.2) is 5.51 Å². The summed E-state index contributed by atoms with van der Waals surface area (Å²) in [5.41, 5.74) is 1.66. The molecule has 0 radical (unpaired) electrons. The second-order valence-corrected chi connectivity index (χ2v) is 4.00. The van der Waals surface area contributed by atoms with E-state index in [0.29, 0.717) is 12.3 Å². The van der Waals surface area contributed by atoms with Gasteiger partial charge in [-0.05, 0) is 12.3 Å². The van der Waals surface area contributed by atoms with Crippen molar-refractivity contribution in [2.45, 2.75) is 19.8 Å². The smallest absolute Gasteiger partial charge is 0.303 e. The van der Waals surface area contributed by atoms with Gasteiger partial charge in [-0.15, -0.1) is 10.2 Å². The maximum absolute atomic E-state index is 10.3. The van der Waals surface area contributed by atoms with Gasteiger partial charge in [0.1, 0.15) is 5.51 Å². The number of aliphatic carboxylic acids is 1. The molecule has 1 unspecified atom stereocenters. The molecule has 0 saturated carbocycles. The van der Waals surface area contributed by atoms with Gasteiger partial charge in [0.25, 0.3) is 0 Å². The highest BCUT2D eigenvalue weighted by Crippen LogP contribution is 2.11. The fraction of sp³-hybridized carbons (Fsp3) is 0.625. The van der Waals surface area contributed by atoms with E-state index < -0.39 is 5.97 Å². The standard InChI is InChI=1S/C8H13N3O2S/c1-6(2-3-7(12)13)4-9-8-11-10-5-14-8/h5-6H,2-4H2,1H3,(H,9,11)(H,12,13). The van der Waals surface area contributed by atoms with Crippen LogP contribution in [0.1, 0.15) is 19.8 Å². The van der Waals surface area contributed by atoms with Crippen LogP contribution in [0.2, 0.25) is 0 Å². The Kier molecular flexibility index (Phi) is 4.31. The van der Waals surface area contributed by atoms with Crippen molar-refractivity contribution in [3.8, 4) is 0 Å². The minimum absolute atomic E-state index is 0.221. The summed E-state index contributed by atoms with van der Waals surface area (Å²) >= 11 is 1.44. The number of hydrogen-bond acceptors (Lipinski definition) is 5. The van der Waals surface area contributed by atoms with Gasteiger partial charge in [0, 0.05) is 13.0 Å². The minimum atomic E-state index is -0.743. The number of aromatic nitrogens is 2. The number of anilines is 1. The van der Waals surface area contributed by atoms with Crippen LogP contribution in [0.5, 0.6) is 0 Å². The summed E-state index contributed by atoms with van der Waals surface area (Å²) in [7, 11) is 0. The van der Waals surface area contributed by atoms with Crippen LogP contribution in [0.4, 0.5) is 5.13 Å². The molecule has 1 atom stereocenters. The molecule has 14 heavy (non-hydrogen) atoms. The van der Waals surface area contributed by atoms with Gasteiger partial charge in [0.05, 0.1) is 0 Å². The zero-order valence-electron chi connectivity index (χ0n) is 7.93. The fourth-order valence-electron chi connectivity index (χ4n) is 0.984. The number of carboxylic acids is 1. The molecule has 6 heteroatoms. The Morgan fingerprint density at radius 1 is 1.79 bits per heavy atom. The van der Waals surface area contributed by atoms with Crippen molar-refractivity contribution >= 4 is 22.4 Å². The fourth-order valence-corrected chi connectivity index (χ4v) is 1.44. The van der Waals surface area contributed by atoms with Crippen LogP contribution < -0.4 is 5.32 Å². The normalized spacial score (nSPS) is 12.4. The van der Waals surface area contributed by atoms with Crippen LogP contribution >= 0.6 is 11.3 Å². The summed E-state index contributed by atoms with van der Waals surface area (Å²) in [6, 6.07) is 0. The Morgan fingerprint density at radius 2 is 2.57 bits per heavy atom. The molecule has 5 nitrogen and oxygen atoms in total. The Balaban J connectivity index is 2.15. The topological polar surface area (TPSA) is 75.1 Å². The number of nitrogens with one attached hydrogen (secondary N) is 1. The minimum Gasteiger partial charge on any atom is -0.481 e. The first-order chi connectivity index (χ1) is 6.68. The zero-order chi connectivity index (χ0) is 10.4. The van der Waals surface area contributed by atoms with E-state index in [-0.39, 0.29) is 6.42 Å². The maximum Gasteiger partial charge on any atom is 0.303 e. The van der Waals surface area contributed by atoms with E-state index in [1.54, 1.807) is 5.51 Å². The van der Waals surface area contributed by atoms with Crippen molar-refractivity contribution in [1.82, 2.24) is 10.2 Å². The first-order valence-corrected chi connectivity index (χ1v) is 5.28. The van der Waals surface area contributed by atoms with E-state index >= 15 is 0 Å². The SMILES string of the molecule is CC(CCC(=O)O)CNc1nncs1. The van der Waals surface area contributed by atoms with Gasteiger partial charge in [-0.25, -0.2) is 0 Å². The molecule has 0 amide bonds. The summed E-state index contributed by atoms with van der Waals surface area (Å²) in [5.74, 6) is -0.414. The van der Waals surface area contributed by atoms with Gasteiger partial charge in [0.2, 0.25) is 5.13 Å². The van der Waals surface area contributed by atoms with Crippen molar-refractivity contribution in [2.24, 2.45) is 5.92 Å². The molecule has 0 spiro atoms. The van der Waals surface area contributed by atoms with Gasteiger partial charge < -0.3 is 10.4 Å². The van der Waals surface area contributed by atoms with Crippen LogP contribution in [-0.2, 0) is 4.79 Å². The monoisotopic (exact) mass is 215 g/mol. The van der Waals surface area contributed by atoms with Crippen LogP contribution in [0.3, 0.4) is 0 Å². The first kappa shape index (κ1) is 10.9. The molecule has 0 saturated heterocycles. The van der Waals surface area contributed by atoms with Gasteiger partial charge in [-0.1, -0.05) is 18.3 Å². The average Bonchev–Trinajstić information content (AvgIpc) is 2.63. The number of carbonyl (C=O) groups is 1. The summed E-state index contributed by atoms with van der Waals surface area (Å²) in [6.45, 7) is 2.75. The number of nitrogens with zero attached hydrogens (tertiary/aromatic N) is 2. The summed E-state index contributed by atoms with van der Waals surface area (Å²) in [6.07, 6.45) is 0.903. The lowest BCUT2D eigenvalue weighted by molar-refractivity contribution is -0.137. The van der Waals surface area contributed by atoms with Gasteiger partial charge in [-0.3, -0.25) is 4.79 Å². The largest absolute Gasteiger partial charge is 0.481 e. The third kappa shape index (κ3) is 4.18. The second-order valence-electron chi connectivity index (χ2n) is 3.16. The van der Waals surface area contributed by atoms with E-state index in [9.17, 15) is 4.79 Å². The summed E-state index contributed by atoms with van der Waals surface area (Å²) in [5, 5.41) is 19.9. The molecule has 0 aliphatic rings. The highest BCUT2D eigenvalue weighted by Gasteiger charge is 2.05. The molecule has 0 aliphatic carbocycles.